The van der Waals surface area contributed by atoms with Gasteiger partial charge in [0.1, 0.15) is 11.4 Å². The number of Topliss-reactive ketones (excluding diaryl/α,β-unsaturated/α-hetero) is 1. The summed E-state index contributed by atoms with van der Waals surface area (Å²) in [4.78, 5) is 35.2. The third-order valence-corrected chi connectivity index (χ3v) is 5.33. The molecule has 5 nitrogen and oxygen atoms in total. The Labute approximate surface area is 166 Å². The van der Waals surface area contributed by atoms with Crippen molar-refractivity contribution in [2.24, 2.45) is 0 Å². The van der Waals surface area contributed by atoms with E-state index in [0.29, 0.717) is 23.3 Å². The van der Waals surface area contributed by atoms with Crippen LogP contribution in [0.4, 0.5) is 9.18 Å². The molecule has 1 aliphatic heterocycles. The Hall–Kier alpha value is -2.67. The number of ether oxygens (including phenoxy) is 1. The topological polar surface area (TPSA) is 72.5 Å². The zero-order chi connectivity index (χ0) is 20.3. The number of hydrogen-bond donors (Lipinski definition) is 1. The van der Waals surface area contributed by atoms with Gasteiger partial charge in [-0.1, -0.05) is 42.1 Å². The molecule has 3 rings (SSSR count). The Balaban J connectivity index is 1.57. The monoisotopic (exact) mass is 401 g/mol. The largest absolute Gasteiger partial charge is 0.485 e. The Morgan fingerprint density at radius 1 is 1.18 bits per heavy atom. The van der Waals surface area contributed by atoms with E-state index in [9.17, 15) is 18.8 Å². The van der Waals surface area contributed by atoms with Crippen LogP contribution in [0.5, 0.6) is 5.75 Å². The average Bonchev–Trinajstić information content (AvgIpc) is 2.97. The van der Waals surface area contributed by atoms with Crippen molar-refractivity contribution < 1.29 is 23.5 Å². The molecule has 7 heteroatoms. The average molecular weight is 401 g/mol. The van der Waals surface area contributed by atoms with E-state index in [1.165, 1.54) is 13.8 Å². The number of alkyl halides is 1. The SMILES string of the molecule is CC(C)(F)c1cccc(C(=O)COc2ccc(CC3SC(=O)NC3=O)cc2)c1. The number of carbonyl (C=O) groups excluding carboxylic acids is 3. The number of imide groups is 1. The molecule has 0 spiro atoms. The first-order chi connectivity index (χ1) is 13.2. The van der Waals surface area contributed by atoms with Crippen LogP contribution in [0.25, 0.3) is 0 Å². The maximum atomic E-state index is 14.1. The minimum absolute atomic E-state index is 0.162. The van der Waals surface area contributed by atoms with Gasteiger partial charge < -0.3 is 4.74 Å². The quantitative estimate of drug-likeness (QED) is 0.709. The minimum Gasteiger partial charge on any atom is -0.485 e. The first-order valence-corrected chi connectivity index (χ1v) is 9.66. The van der Waals surface area contributed by atoms with Crippen molar-refractivity contribution in [2.75, 3.05) is 6.61 Å². The number of halogens is 1. The van der Waals surface area contributed by atoms with Crippen molar-refractivity contribution in [2.45, 2.75) is 31.2 Å². The van der Waals surface area contributed by atoms with Gasteiger partial charge >= 0.3 is 0 Å². The second-order valence-electron chi connectivity index (χ2n) is 7.00. The number of rotatable bonds is 7. The van der Waals surface area contributed by atoms with E-state index in [-0.39, 0.29) is 23.5 Å². The van der Waals surface area contributed by atoms with Crippen molar-refractivity contribution in [1.29, 1.82) is 0 Å². The van der Waals surface area contributed by atoms with Gasteiger partial charge in [0.2, 0.25) is 5.91 Å². The van der Waals surface area contributed by atoms with Crippen LogP contribution in [0.2, 0.25) is 0 Å². The molecular formula is C21H20FNO4S. The van der Waals surface area contributed by atoms with E-state index in [4.69, 9.17) is 4.74 Å². The summed E-state index contributed by atoms with van der Waals surface area (Å²) >= 11 is 0.985. The Morgan fingerprint density at radius 3 is 2.50 bits per heavy atom. The lowest BCUT2D eigenvalue weighted by molar-refractivity contribution is -0.118. The van der Waals surface area contributed by atoms with Crippen LogP contribution in [0.1, 0.15) is 35.3 Å². The lowest BCUT2D eigenvalue weighted by Gasteiger charge is -2.15. The molecule has 0 radical (unpaired) electrons. The molecule has 1 heterocycles. The number of ketones is 1. The fourth-order valence-electron chi connectivity index (χ4n) is 2.76. The van der Waals surface area contributed by atoms with E-state index >= 15 is 0 Å². The van der Waals surface area contributed by atoms with Crippen LogP contribution in [-0.2, 0) is 16.9 Å². The predicted octanol–water partition coefficient (Wildman–Crippen LogP) is 4.05. The molecule has 1 atom stereocenters. The molecule has 28 heavy (non-hydrogen) atoms. The van der Waals surface area contributed by atoms with E-state index in [0.717, 1.165) is 17.3 Å². The number of thioether (sulfide) groups is 1. The number of benzene rings is 2. The zero-order valence-electron chi connectivity index (χ0n) is 15.5. The molecule has 2 aromatic rings. The molecule has 2 amide bonds. The molecule has 1 aliphatic rings. The predicted molar refractivity (Wildman–Crippen MR) is 105 cm³/mol. The summed E-state index contributed by atoms with van der Waals surface area (Å²) in [6.45, 7) is 2.72. The van der Waals surface area contributed by atoms with E-state index in [2.05, 4.69) is 5.32 Å². The second-order valence-corrected chi connectivity index (χ2v) is 8.17. The highest BCUT2D eigenvalue weighted by Crippen LogP contribution is 2.26. The van der Waals surface area contributed by atoms with Crippen molar-refractivity contribution in [1.82, 2.24) is 5.32 Å². The van der Waals surface area contributed by atoms with Gasteiger partial charge in [0.15, 0.2) is 12.4 Å². The molecule has 1 unspecified atom stereocenters. The van der Waals surface area contributed by atoms with Crippen LogP contribution >= 0.6 is 11.8 Å². The van der Waals surface area contributed by atoms with Crippen LogP contribution in [-0.4, -0.2) is 28.8 Å². The van der Waals surface area contributed by atoms with Gasteiger partial charge in [-0.05, 0) is 49.6 Å². The minimum atomic E-state index is -1.52. The Kier molecular flexibility index (Phi) is 5.84. The van der Waals surface area contributed by atoms with Crippen molar-refractivity contribution >= 4 is 28.7 Å². The number of nitrogens with one attached hydrogen (secondary N) is 1. The van der Waals surface area contributed by atoms with Gasteiger partial charge in [-0.25, -0.2) is 4.39 Å². The molecule has 0 aliphatic carbocycles. The maximum Gasteiger partial charge on any atom is 0.286 e. The van der Waals surface area contributed by atoms with Crippen LogP contribution in [0.15, 0.2) is 48.5 Å². The summed E-state index contributed by atoms with van der Waals surface area (Å²) in [6, 6.07) is 13.5. The Morgan fingerprint density at radius 2 is 1.89 bits per heavy atom. The van der Waals surface area contributed by atoms with Crippen LogP contribution in [0.3, 0.4) is 0 Å². The van der Waals surface area contributed by atoms with Crippen molar-refractivity contribution in [3.05, 3.63) is 65.2 Å². The number of amides is 2. The molecule has 0 bridgehead atoms. The smallest absolute Gasteiger partial charge is 0.286 e. The van der Waals surface area contributed by atoms with Gasteiger partial charge in [-0.3, -0.25) is 19.7 Å². The molecule has 0 saturated carbocycles. The van der Waals surface area contributed by atoms with Crippen LogP contribution in [0, 0.1) is 0 Å². The molecule has 1 saturated heterocycles. The third-order valence-electron chi connectivity index (χ3n) is 4.35. The van der Waals surface area contributed by atoms with E-state index in [1.807, 2.05) is 0 Å². The summed E-state index contributed by atoms with van der Waals surface area (Å²) in [6.07, 6.45) is 0.438. The molecule has 146 valence electrons. The van der Waals surface area contributed by atoms with Crippen molar-refractivity contribution in [3.63, 3.8) is 0 Å². The molecule has 2 aromatic carbocycles. The highest BCUT2D eigenvalue weighted by atomic mass is 32.2. The molecule has 1 N–H and O–H groups in total. The van der Waals surface area contributed by atoms with Gasteiger partial charge in [0.05, 0.1) is 5.25 Å². The Bertz CT molecular complexity index is 905. The third kappa shape index (κ3) is 4.98. The lowest BCUT2D eigenvalue weighted by atomic mass is 9.97. The first-order valence-electron chi connectivity index (χ1n) is 8.78. The highest BCUT2D eigenvalue weighted by Gasteiger charge is 2.31. The highest BCUT2D eigenvalue weighted by molar-refractivity contribution is 8.15. The number of hydrogen-bond acceptors (Lipinski definition) is 5. The summed E-state index contributed by atoms with van der Waals surface area (Å²) in [5.41, 5.74) is 0.203. The van der Waals surface area contributed by atoms with E-state index in [1.54, 1.807) is 48.5 Å². The number of carbonyl (C=O) groups is 3. The van der Waals surface area contributed by atoms with Crippen molar-refractivity contribution in [3.8, 4) is 5.75 Å². The van der Waals surface area contributed by atoms with E-state index < -0.39 is 10.9 Å². The summed E-state index contributed by atoms with van der Waals surface area (Å²) < 4.78 is 19.6. The van der Waals surface area contributed by atoms with Gasteiger partial charge in [0, 0.05) is 5.56 Å². The van der Waals surface area contributed by atoms with Gasteiger partial charge in [0.25, 0.3) is 5.24 Å². The maximum absolute atomic E-state index is 14.1. The molecule has 1 fully saturated rings. The first kappa shape index (κ1) is 20.1. The summed E-state index contributed by atoms with van der Waals surface area (Å²) in [5.74, 6) is -0.00833. The summed E-state index contributed by atoms with van der Waals surface area (Å²) in [7, 11) is 0. The standard InChI is InChI=1S/C21H20FNO4S/c1-21(2,22)15-5-3-4-14(11-15)17(24)12-27-16-8-6-13(7-9-16)10-18-19(25)23-20(26)28-18/h3-9,11,18H,10,12H2,1-2H3,(H,23,25,26). The molecular weight excluding hydrogens is 381 g/mol. The van der Waals surface area contributed by atoms with Gasteiger partial charge in [-0.2, -0.15) is 0 Å². The normalized spacial score (nSPS) is 16.8. The lowest BCUT2D eigenvalue weighted by Crippen LogP contribution is -2.25. The summed E-state index contributed by atoms with van der Waals surface area (Å²) in [5, 5.41) is 1.51. The van der Waals surface area contributed by atoms with Crippen LogP contribution < -0.4 is 10.1 Å². The van der Waals surface area contributed by atoms with Gasteiger partial charge in [-0.15, -0.1) is 0 Å². The second kappa shape index (κ2) is 8.14. The fraction of sp³-hybridized carbons (Fsp3) is 0.286. The zero-order valence-corrected chi connectivity index (χ0v) is 16.3. The fourth-order valence-corrected chi connectivity index (χ4v) is 3.62. The molecule has 0 aromatic heterocycles.